The molecule has 168 valence electrons. The highest BCUT2D eigenvalue weighted by Crippen LogP contribution is 2.21. The van der Waals surface area contributed by atoms with Crippen molar-refractivity contribution in [1.82, 2.24) is 14.9 Å². The van der Waals surface area contributed by atoms with Gasteiger partial charge in [-0.25, -0.2) is 9.37 Å². The number of rotatable bonds is 7. The molecule has 0 aliphatic rings. The zero-order valence-corrected chi connectivity index (χ0v) is 18.6. The normalized spacial score (nSPS) is 11.0. The maximum Gasteiger partial charge on any atom is 0.224 e. The quantitative estimate of drug-likeness (QED) is 0.344. The van der Waals surface area contributed by atoms with E-state index in [0.717, 1.165) is 27.7 Å². The number of benzene rings is 4. The first-order valence-corrected chi connectivity index (χ1v) is 11.3. The van der Waals surface area contributed by atoms with Crippen LogP contribution in [-0.2, 0) is 24.3 Å². The van der Waals surface area contributed by atoms with Crippen LogP contribution in [-0.4, -0.2) is 15.5 Å². The van der Waals surface area contributed by atoms with E-state index in [2.05, 4.69) is 22.4 Å². The van der Waals surface area contributed by atoms with Gasteiger partial charge in [-0.05, 0) is 34.9 Å². The molecule has 0 aliphatic carbocycles. The van der Waals surface area contributed by atoms with Crippen LogP contribution in [0.25, 0.3) is 22.2 Å². The van der Waals surface area contributed by atoms with E-state index in [0.29, 0.717) is 17.9 Å². The number of carbonyl (C=O) groups excluding carboxylic acids is 1. The molecule has 5 heteroatoms. The molecule has 4 nitrogen and oxygen atoms in total. The number of fused-ring (bicyclic) bond motifs is 1. The fourth-order valence-corrected chi connectivity index (χ4v) is 4.10. The fourth-order valence-electron chi connectivity index (χ4n) is 4.10. The molecule has 0 aliphatic heterocycles. The van der Waals surface area contributed by atoms with E-state index >= 15 is 0 Å². The van der Waals surface area contributed by atoms with Crippen LogP contribution in [0.3, 0.4) is 0 Å². The van der Waals surface area contributed by atoms with Crippen molar-refractivity contribution < 1.29 is 9.18 Å². The number of nitrogens with zero attached hydrogens (tertiary/aromatic N) is 2. The lowest BCUT2D eigenvalue weighted by Gasteiger charge is -2.11. The number of para-hydroxylation sites is 2. The van der Waals surface area contributed by atoms with E-state index in [9.17, 15) is 9.18 Å². The van der Waals surface area contributed by atoms with Crippen LogP contribution in [0.2, 0.25) is 0 Å². The van der Waals surface area contributed by atoms with Gasteiger partial charge in [-0.15, -0.1) is 0 Å². The summed E-state index contributed by atoms with van der Waals surface area (Å²) >= 11 is 0. The lowest BCUT2D eigenvalue weighted by molar-refractivity contribution is -0.120. The van der Waals surface area contributed by atoms with Gasteiger partial charge in [-0.1, -0.05) is 84.9 Å². The van der Waals surface area contributed by atoms with Crippen LogP contribution in [0.4, 0.5) is 4.39 Å². The molecule has 1 aromatic heterocycles. The van der Waals surface area contributed by atoms with E-state index in [4.69, 9.17) is 0 Å². The first-order valence-electron chi connectivity index (χ1n) is 11.3. The highest BCUT2D eigenvalue weighted by atomic mass is 19.1. The van der Waals surface area contributed by atoms with E-state index in [-0.39, 0.29) is 24.7 Å². The minimum atomic E-state index is -0.255. The number of hydrogen-bond donors (Lipinski definition) is 1. The number of aromatic nitrogens is 2. The Hall–Kier alpha value is -4.25. The number of imidazole rings is 1. The highest BCUT2D eigenvalue weighted by Gasteiger charge is 2.14. The first-order chi connectivity index (χ1) is 16.7. The van der Waals surface area contributed by atoms with E-state index in [1.54, 1.807) is 12.1 Å². The van der Waals surface area contributed by atoms with Crippen molar-refractivity contribution in [2.24, 2.45) is 0 Å². The van der Waals surface area contributed by atoms with Crippen LogP contribution in [0.1, 0.15) is 17.0 Å². The number of hydrogen-bond acceptors (Lipinski definition) is 2. The molecule has 5 aromatic rings. The average molecular weight is 450 g/mol. The van der Waals surface area contributed by atoms with Crippen molar-refractivity contribution in [3.05, 3.63) is 126 Å². The van der Waals surface area contributed by atoms with E-state index < -0.39 is 0 Å². The van der Waals surface area contributed by atoms with Crippen LogP contribution < -0.4 is 5.32 Å². The second-order valence-corrected chi connectivity index (χ2v) is 8.21. The Labute approximate surface area is 197 Å². The number of halogens is 1. The van der Waals surface area contributed by atoms with Crippen molar-refractivity contribution in [2.45, 2.75) is 19.5 Å². The fraction of sp³-hybridized carbons (Fsp3) is 0.103. The highest BCUT2D eigenvalue weighted by molar-refractivity contribution is 5.79. The zero-order valence-electron chi connectivity index (χ0n) is 18.6. The number of carbonyl (C=O) groups is 1. The third-order valence-electron chi connectivity index (χ3n) is 5.89. The van der Waals surface area contributed by atoms with Crippen molar-refractivity contribution >= 4 is 16.9 Å². The average Bonchev–Trinajstić information content (AvgIpc) is 3.22. The summed E-state index contributed by atoms with van der Waals surface area (Å²) in [7, 11) is 0. The van der Waals surface area contributed by atoms with Gasteiger partial charge in [0.1, 0.15) is 11.6 Å². The molecule has 5 rings (SSSR count). The summed E-state index contributed by atoms with van der Waals surface area (Å²) in [6, 6.07) is 32.6. The Kier molecular flexibility index (Phi) is 6.17. The number of nitrogens with one attached hydrogen (secondary N) is 1. The molecule has 0 atom stereocenters. The van der Waals surface area contributed by atoms with Gasteiger partial charge >= 0.3 is 0 Å². The zero-order chi connectivity index (χ0) is 23.3. The van der Waals surface area contributed by atoms with Gasteiger partial charge in [-0.2, -0.15) is 0 Å². The SMILES string of the molecule is O=C(Cc1ccc(-c2ccccc2)cc1)NCc1nc2ccccc2n1Cc1ccccc1F. The Balaban J connectivity index is 1.29. The van der Waals surface area contributed by atoms with Gasteiger partial charge in [-0.3, -0.25) is 4.79 Å². The Morgan fingerprint density at radius 3 is 2.26 bits per heavy atom. The molecule has 0 fully saturated rings. The van der Waals surface area contributed by atoms with Crippen LogP contribution in [0.15, 0.2) is 103 Å². The van der Waals surface area contributed by atoms with Crippen LogP contribution >= 0.6 is 0 Å². The minimum absolute atomic E-state index is 0.0861. The summed E-state index contributed by atoms with van der Waals surface area (Å²) in [6.45, 7) is 0.614. The molecule has 1 N–H and O–H groups in total. The van der Waals surface area contributed by atoms with Crippen LogP contribution in [0.5, 0.6) is 0 Å². The Morgan fingerprint density at radius 1 is 0.794 bits per heavy atom. The summed E-state index contributed by atoms with van der Waals surface area (Å²) in [5.74, 6) is 0.350. The molecule has 0 saturated carbocycles. The van der Waals surface area contributed by atoms with Crippen molar-refractivity contribution in [3.63, 3.8) is 0 Å². The molecular weight excluding hydrogens is 425 g/mol. The van der Waals surface area contributed by atoms with Gasteiger partial charge in [0.15, 0.2) is 0 Å². The molecule has 4 aromatic carbocycles. The Bertz CT molecular complexity index is 1430. The minimum Gasteiger partial charge on any atom is -0.349 e. The molecule has 0 unspecified atom stereocenters. The topological polar surface area (TPSA) is 46.9 Å². The lowest BCUT2D eigenvalue weighted by atomic mass is 10.0. The summed E-state index contributed by atoms with van der Waals surface area (Å²) in [5.41, 5.74) is 5.51. The Morgan fingerprint density at radius 2 is 1.47 bits per heavy atom. The molecule has 1 heterocycles. The molecule has 0 bridgehead atoms. The summed E-state index contributed by atoms with van der Waals surface area (Å²) in [4.78, 5) is 17.4. The molecule has 0 radical (unpaired) electrons. The van der Waals surface area contributed by atoms with Crippen LogP contribution in [0, 0.1) is 5.82 Å². The smallest absolute Gasteiger partial charge is 0.224 e. The third-order valence-corrected chi connectivity index (χ3v) is 5.89. The van der Waals surface area contributed by atoms with Gasteiger partial charge < -0.3 is 9.88 Å². The van der Waals surface area contributed by atoms with Crippen molar-refractivity contribution in [2.75, 3.05) is 0 Å². The molecule has 34 heavy (non-hydrogen) atoms. The summed E-state index contributed by atoms with van der Waals surface area (Å²) in [6.07, 6.45) is 0.280. The molecule has 0 spiro atoms. The summed E-state index contributed by atoms with van der Waals surface area (Å²) in [5, 5.41) is 2.98. The monoisotopic (exact) mass is 449 g/mol. The summed E-state index contributed by atoms with van der Waals surface area (Å²) < 4.78 is 16.3. The van der Waals surface area contributed by atoms with E-state index in [1.165, 1.54) is 6.07 Å². The maximum atomic E-state index is 14.3. The lowest BCUT2D eigenvalue weighted by Crippen LogP contribution is -2.26. The van der Waals surface area contributed by atoms with Crippen molar-refractivity contribution in [3.8, 4) is 11.1 Å². The third kappa shape index (κ3) is 4.74. The largest absolute Gasteiger partial charge is 0.349 e. The molecular formula is C29H24FN3O. The van der Waals surface area contributed by atoms with Gasteiger partial charge in [0.25, 0.3) is 0 Å². The second-order valence-electron chi connectivity index (χ2n) is 8.21. The standard InChI is InChI=1S/C29H24FN3O/c30-25-11-5-4-10-24(25)20-33-27-13-7-6-12-26(27)32-28(33)19-31-29(34)18-21-14-16-23(17-15-21)22-8-2-1-3-9-22/h1-17H,18-20H2,(H,31,34). The van der Waals surface area contributed by atoms with Gasteiger partial charge in [0.2, 0.25) is 5.91 Å². The number of amides is 1. The molecule has 1 amide bonds. The first kappa shape index (κ1) is 21.6. The van der Waals surface area contributed by atoms with Gasteiger partial charge in [0, 0.05) is 5.56 Å². The van der Waals surface area contributed by atoms with E-state index in [1.807, 2.05) is 77.4 Å². The maximum absolute atomic E-state index is 14.3. The second kappa shape index (κ2) is 9.71. The predicted octanol–water partition coefficient (Wildman–Crippen LogP) is 5.75. The van der Waals surface area contributed by atoms with Gasteiger partial charge in [0.05, 0.1) is 30.5 Å². The van der Waals surface area contributed by atoms with Crippen molar-refractivity contribution in [1.29, 1.82) is 0 Å². The predicted molar refractivity (Wildman–Crippen MR) is 133 cm³/mol. The molecule has 0 saturated heterocycles.